The van der Waals surface area contributed by atoms with Gasteiger partial charge in [-0.3, -0.25) is 4.99 Å². The number of rotatable bonds is 9. The van der Waals surface area contributed by atoms with E-state index in [1.165, 1.54) is 0 Å². The first-order valence-corrected chi connectivity index (χ1v) is 9.05. The summed E-state index contributed by atoms with van der Waals surface area (Å²) in [4.78, 5) is 6.39. The number of hydrogen-bond donors (Lipinski definition) is 2. The summed E-state index contributed by atoms with van der Waals surface area (Å²) in [7, 11) is 7.51. The zero-order valence-electron chi connectivity index (χ0n) is 16.7. The highest BCUT2D eigenvalue weighted by Gasteiger charge is 2.05. The lowest BCUT2D eigenvalue weighted by Crippen LogP contribution is -2.36. The van der Waals surface area contributed by atoms with Gasteiger partial charge in [0.05, 0.1) is 7.11 Å². The van der Waals surface area contributed by atoms with Crippen molar-refractivity contribution in [3.05, 3.63) is 59.7 Å². The Labute approximate surface area is 162 Å². The zero-order valence-corrected chi connectivity index (χ0v) is 16.7. The molecule has 0 saturated carbocycles. The molecule has 0 bridgehead atoms. The monoisotopic (exact) mass is 370 g/mol. The Morgan fingerprint density at radius 1 is 1.00 bits per heavy atom. The summed E-state index contributed by atoms with van der Waals surface area (Å²) in [6.07, 6.45) is 0. The van der Waals surface area contributed by atoms with E-state index in [2.05, 4.69) is 26.6 Å². The molecule has 2 aromatic carbocycles. The molecule has 0 unspecified atom stereocenters. The van der Waals surface area contributed by atoms with Crippen LogP contribution in [0.3, 0.4) is 0 Å². The molecule has 0 heterocycles. The van der Waals surface area contributed by atoms with Crippen LogP contribution in [0, 0.1) is 0 Å². The number of benzene rings is 2. The third kappa shape index (κ3) is 7.19. The molecule has 2 rings (SSSR count). The zero-order chi connectivity index (χ0) is 19.5. The Morgan fingerprint density at radius 3 is 2.37 bits per heavy atom. The summed E-state index contributed by atoms with van der Waals surface area (Å²) in [5.41, 5.74) is 2.26. The highest BCUT2D eigenvalue weighted by atomic mass is 16.5. The van der Waals surface area contributed by atoms with Gasteiger partial charge in [-0.15, -0.1) is 0 Å². The third-order valence-corrected chi connectivity index (χ3v) is 4.06. The molecule has 0 radical (unpaired) electrons. The molecular weight excluding hydrogens is 340 g/mol. The fourth-order valence-corrected chi connectivity index (χ4v) is 2.46. The summed E-state index contributed by atoms with van der Waals surface area (Å²) in [5.74, 6) is 2.50. The van der Waals surface area contributed by atoms with Crippen LogP contribution in [0.25, 0.3) is 0 Å². The van der Waals surface area contributed by atoms with Crippen molar-refractivity contribution < 1.29 is 9.47 Å². The summed E-state index contributed by atoms with van der Waals surface area (Å²) in [6, 6.07) is 16.0. The Kier molecular flexibility index (Phi) is 8.45. The van der Waals surface area contributed by atoms with Crippen molar-refractivity contribution in [2.24, 2.45) is 4.99 Å². The second-order valence-corrected chi connectivity index (χ2v) is 6.39. The van der Waals surface area contributed by atoms with E-state index in [1.807, 2.05) is 56.6 Å². The molecular formula is C21H30N4O2. The first kappa shape index (κ1) is 20.6. The predicted molar refractivity (Wildman–Crippen MR) is 111 cm³/mol. The van der Waals surface area contributed by atoms with Gasteiger partial charge < -0.3 is 25.0 Å². The first-order chi connectivity index (χ1) is 13.1. The lowest BCUT2D eigenvalue weighted by atomic mass is 10.2. The fraction of sp³-hybridized carbons (Fsp3) is 0.381. The standard InChI is InChI=1S/C21H30N4O2/c1-22-21(23-15-17-9-11-19(26-4)12-10-17)24-16-18-7-5-6-8-20(18)27-14-13-25(2)3/h5-12H,13-16H2,1-4H3,(H2,22,23,24). The van der Waals surface area contributed by atoms with Crippen LogP contribution in [0.4, 0.5) is 0 Å². The first-order valence-electron chi connectivity index (χ1n) is 9.05. The van der Waals surface area contributed by atoms with Crippen LogP contribution in [0.5, 0.6) is 11.5 Å². The molecule has 2 aromatic rings. The van der Waals surface area contributed by atoms with Crippen LogP contribution >= 0.6 is 0 Å². The maximum atomic E-state index is 5.91. The van der Waals surface area contributed by atoms with E-state index in [9.17, 15) is 0 Å². The molecule has 0 aliphatic rings. The third-order valence-electron chi connectivity index (χ3n) is 4.06. The van der Waals surface area contributed by atoms with Crippen LogP contribution in [-0.2, 0) is 13.1 Å². The molecule has 0 amide bonds. The van der Waals surface area contributed by atoms with Gasteiger partial charge in [-0.2, -0.15) is 0 Å². The SMILES string of the molecule is CN=C(NCc1ccc(OC)cc1)NCc1ccccc1OCCN(C)C. The number of ether oxygens (including phenoxy) is 2. The van der Waals surface area contributed by atoms with E-state index in [-0.39, 0.29) is 0 Å². The minimum Gasteiger partial charge on any atom is -0.497 e. The van der Waals surface area contributed by atoms with Gasteiger partial charge in [-0.25, -0.2) is 0 Å². The molecule has 0 fully saturated rings. The molecule has 0 aromatic heterocycles. The average molecular weight is 370 g/mol. The van der Waals surface area contributed by atoms with Crippen molar-refractivity contribution in [3.63, 3.8) is 0 Å². The van der Waals surface area contributed by atoms with Gasteiger partial charge in [-0.1, -0.05) is 30.3 Å². The van der Waals surface area contributed by atoms with Crippen LogP contribution in [0.1, 0.15) is 11.1 Å². The minimum absolute atomic E-state index is 0.639. The van der Waals surface area contributed by atoms with Crippen LogP contribution in [0.15, 0.2) is 53.5 Å². The predicted octanol–water partition coefficient (Wildman–Crippen LogP) is 2.50. The Bertz CT molecular complexity index is 714. The highest BCUT2D eigenvalue weighted by Crippen LogP contribution is 2.17. The number of hydrogen-bond acceptors (Lipinski definition) is 4. The van der Waals surface area contributed by atoms with E-state index in [1.54, 1.807) is 14.2 Å². The Hall–Kier alpha value is -2.73. The average Bonchev–Trinajstić information content (AvgIpc) is 2.69. The largest absolute Gasteiger partial charge is 0.497 e. The molecule has 6 nitrogen and oxygen atoms in total. The normalized spacial score (nSPS) is 11.4. The van der Waals surface area contributed by atoms with E-state index in [0.29, 0.717) is 19.7 Å². The molecule has 0 aliphatic heterocycles. The van der Waals surface area contributed by atoms with Crippen molar-refractivity contribution in [1.29, 1.82) is 0 Å². The van der Waals surface area contributed by atoms with Crippen LogP contribution in [-0.4, -0.2) is 52.3 Å². The van der Waals surface area contributed by atoms with E-state index < -0.39 is 0 Å². The Morgan fingerprint density at radius 2 is 1.70 bits per heavy atom. The number of methoxy groups -OCH3 is 1. The van der Waals surface area contributed by atoms with Gasteiger partial charge in [0.1, 0.15) is 18.1 Å². The molecule has 0 atom stereocenters. The minimum atomic E-state index is 0.639. The van der Waals surface area contributed by atoms with Gasteiger partial charge in [0, 0.05) is 32.2 Å². The van der Waals surface area contributed by atoms with E-state index >= 15 is 0 Å². The summed E-state index contributed by atoms with van der Waals surface area (Å²) >= 11 is 0. The van der Waals surface area contributed by atoms with Gasteiger partial charge in [0.25, 0.3) is 0 Å². The number of nitrogens with one attached hydrogen (secondary N) is 2. The van der Waals surface area contributed by atoms with E-state index in [4.69, 9.17) is 9.47 Å². The highest BCUT2D eigenvalue weighted by molar-refractivity contribution is 5.79. The second kappa shape index (κ2) is 11.1. The van der Waals surface area contributed by atoms with Crippen molar-refractivity contribution in [2.75, 3.05) is 41.4 Å². The topological polar surface area (TPSA) is 58.1 Å². The number of guanidine groups is 1. The lowest BCUT2D eigenvalue weighted by molar-refractivity contribution is 0.259. The van der Waals surface area contributed by atoms with Gasteiger partial charge in [-0.05, 0) is 37.9 Å². The molecule has 0 saturated heterocycles. The molecule has 27 heavy (non-hydrogen) atoms. The number of para-hydroxylation sites is 1. The Balaban J connectivity index is 1.86. The van der Waals surface area contributed by atoms with Gasteiger partial charge in [0.15, 0.2) is 5.96 Å². The van der Waals surface area contributed by atoms with Crippen molar-refractivity contribution in [2.45, 2.75) is 13.1 Å². The molecule has 146 valence electrons. The molecule has 6 heteroatoms. The fourth-order valence-electron chi connectivity index (χ4n) is 2.46. The molecule has 2 N–H and O–H groups in total. The maximum Gasteiger partial charge on any atom is 0.191 e. The second-order valence-electron chi connectivity index (χ2n) is 6.39. The summed E-state index contributed by atoms with van der Waals surface area (Å²) in [6.45, 7) is 2.87. The van der Waals surface area contributed by atoms with Crippen molar-refractivity contribution >= 4 is 5.96 Å². The van der Waals surface area contributed by atoms with Gasteiger partial charge >= 0.3 is 0 Å². The number of nitrogens with zero attached hydrogens (tertiary/aromatic N) is 2. The smallest absolute Gasteiger partial charge is 0.191 e. The number of aliphatic imine (C=N–C) groups is 1. The quantitative estimate of drug-likeness (QED) is 0.525. The molecule has 0 aliphatic carbocycles. The lowest BCUT2D eigenvalue weighted by Gasteiger charge is -2.16. The summed E-state index contributed by atoms with van der Waals surface area (Å²) < 4.78 is 11.1. The maximum absolute atomic E-state index is 5.91. The van der Waals surface area contributed by atoms with Crippen LogP contribution in [0.2, 0.25) is 0 Å². The van der Waals surface area contributed by atoms with E-state index in [0.717, 1.165) is 35.1 Å². The van der Waals surface area contributed by atoms with Gasteiger partial charge in [0.2, 0.25) is 0 Å². The van der Waals surface area contributed by atoms with Crippen LogP contribution < -0.4 is 20.1 Å². The van der Waals surface area contributed by atoms with Crippen molar-refractivity contribution in [1.82, 2.24) is 15.5 Å². The van der Waals surface area contributed by atoms with Crippen molar-refractivity contribution in [3.8, 4) is 11.5 Å². The number of likely N-dealkylation sites (N-methyl/N-ethyl adjacent to an activating group) is 1. The molecule has 0 spiro atoms. The summed E-state index contributed by atoms with van der Waals surface area (Å²) in [5, 5.41) is 6.66.